The lowest BCUT2D eigenvalue weighted by Gasteiger charge is -2.11. The molecule has 29 heavy (non-hydrogen) atoms. The molecule has 0 fully saturated rings. The van der Waals surface area contributed by atoms with E-state index >= 15 is 0 Å². The fourth-order valence-corrected chi connectivity index (χ4v) is 3.45. The zero-order chi connectivity index (χ0) is 20.9. The molecule has 0 radical (unpaired) electrons. The van der Waals surface area contributed by atoms with Crippen molar-refractivity contribution in [2.45, 2.75) is 18.4 Å². The van der Waals surface area contributed by atoms with E-state index in [2.05, 4.69) is 10.3 Å². The molecule has 3 rings (SSSR count). The average molecular weight is 412 g/mol. The highest BCUT2D eigenvalue weighted by Crippen LogP contribution is 2.27. The molecular formula is C21H20N2O5S. The van der Waals surface area contributed by atoms with Crippen LogP contribution in [0.5, 0.6) is 11.5 Å². The molecule has 0 saturated heterocycles. The molecule has 0 atom stereocenters. The quantitative estimate of drug-likeness (QED) is 0.576. The highest BCUT2D eigenvalue weighted by atomic mass is 32.2. The summed E-state index contributed by atoms with van der Waals surface area (Å²) >= 11 is 0. The summed E-state index contributed by atoms with van der Waals surface area (Å²) in [6, 6.07) is 14.0. The second kappa shape index (κ2) is 8.74. The van der Waals surface area contributed by atoms with Crippen LogP contribution in [0.25, 0.3) is 0 Å². The standard InChI is InChI=1S/C21H20N2O5S/c1-2-29(26,27)18-8-9-20(24)19(12-18)23-21(25)16-6-3-7-17(11-16)28-14-15-5-4-10-22-13-15/h3-13,24H,2,14H2,1H3,(H,23,25). The number of phenolic OH excluding ortho intramolecular Hbond substituents is 1. The smallest absolute Gasteiger partial charge is 0.255 e. The Balaban J connectivity index is 1.75. The van der Waals surface area contributed by atoms with Crippen LogP contribution in [0, 0.1) is 0 Å². The molecule has 0 aliphatic heterocycles. The third kappa shape index (κ3) is 5.11. The Hall–Kier alpha value is -3.39. The van der Waals surface area contributed by atoms with Gasteiger partial charge in [0.2, 0.25) is 0 Å². The first-order chi connectivity index (χ1) is 13.9. The Bertz CT molecular complexity index is 1110. The number of aromatic hydroxyl groups is 1. The third-order valence-electron chi connectivity index (χ3n) is 4.18. The van der Waals surface area contributed by atoms with Gasteiger partial charge in [-0.2, -0.15) is 0 Å². The number of phenols is 1. The number of nitrogens with zero attached hydrogens (tertiary/aromatic N) is 1. The summed E-state index contributed by atoms with van der Waals surface area (Å²) in [6.45, 7) is 1.83. The summed E-state index contributed by atoms with van der Waals surface area (Å²) in [5.74, 6) is -0.315. The van der Waals surface area contributed by atoms with Crippen molar-refractivity contribution in [1.29, 1.82) is 0 Å². The second-order valence-electron chi connectivity index (χ2n) is 6.21. The SMILES string of the molecule is CCS(=O)(=O)c1ccc(O)c(NC(=O)c2cccc(OCc3cccnc3)c2)c1. The van der Waals surface area contributed by atoms with Gasteiger partial charge in [-0.15, -0.1) is 0 Å². The minimum absolute atomic E-state index is 0.0196. The van der Waals surface area contributed by atoms with Crippen molar-refractivity contribution >= 4 is 21.4 Å². The molecule has 3 aromatic rings. The number of ether oxygens (including phenoxy) is 1. The predicted molar refractivity (Wildman–Crippen MR) is 109 cm³/mol. The first-order valence-electron chi connectivity index (χ1n) is 8.88. The van der Waals surface area contributed by atoms with Gasteiger partial charge in [-0.3, -0.25) is 9.78 Å². The van der Waals surface area contributed by atoms with Gasteiger partial charge in [0.1, 0.15) is 18.1 Å². The zero-order valence-corrected chi connectivity index (χ0v) is 16.5. The molecule has 1 heterocycles. The highest BCUT2D eigenvalue weighted by molar-refractivity contribution is 7.91. The maximum absolute atomic E-state index is 12.6. The summed E-state index contributed by atoms with van der Waals surface area (Å²) in [6.07, 6.45) is 3.36. The van der Waals surface area contributed by atoms with Gasteiger partial charge in [-0.05, 0) is 42.5 Å². The lowest BCUT2D eigenvalue weighted by atomic mass is 10.2. The fraction of sp³-hybridized carbons (Fsp3) is 0.143. The van der Waals surface area contributed by atoms with Gasteiger partial charge in [0, 0.05) is 23.5 Å². The van der Waals surface area contributed by atoms with E-state index in [-0.39, 0.29) is 22.1 Å². The summed E-state index contributed by atoms with van der Waals surface area (Å²) in [4.78, 5) is 16.6. The molecule has 1 amide bonds. The van der Waals surface area contributed by atoms with Gasteiger partial charge in [-0.25, -0.2) is 8.42 Å². The van der Waals surface area contributed by atoms with Crippen LogP contribution in [0.3, 0.4) is 0 Å². The van der Waals surface area contributed by atoms with Crippen LogP contribution < -0.4 is 10.1 Å². The van der Waals surface area contributed by atoms with E-state index in [1.165, 1.54) is 25.1 Å². The second-order valence-corrected chi connectivity index (χ2v) is 8.49. The van der Waals surface area contributed by atoms with Crippen molar-refractivity contribution < 1.29 is 23.1 Å². The number of carbonyl (C=O) groups is 1. The molecule has 0 bridgehead atoms. The Morgan fingerprint density at radius 3 is 2.69 bits per heavy atom. The van der Waals surface area contributed by atoms with Gasteiger partial charge >= 0.3 is 0 Å². The van der Waals surface area contributed by atoms with E-state index in [0.29, 0.717) is 17.9 Å². The molecule has 0 aliphatic rings. The number of hydrogen-bond acceptors (Lipinski definition) is 6. The lowest BCUT2D eigenvalue weighted by molar-refractivity contribution is 0.102. The normalized spacial score (nSPS) is 11.1. The number of nitrogens with one attached hydrogen (secondary N) is 1. The van der Waals surface area contributed by atoms with Crippen LogP contribution in [0.15, 0.2) is 71.9 Å². The van der Waals surface area contributed by atoms with Crippen molar-refractivity contribution in [3.05, 3.63) is 78.1 Å². The predicted octanol–water partition coefficient (Wildman–Crippen LogP) is 3.41. The Morgan fingerprint density at radius 2 is 1.97 bits per heavy atom. The van der Waals surface area contributed by atoms with Crippen molar-refractivity contribution in [2.24, 2.45) is 0 Å². The minimum Gasteiger partial charge on any atom is -0.506 e. The maximum Gasteiger partial charge on any atom is 0.255 e. The van der Waals surface area contributed by atoms with Crippen LogP contribution >= 0.6 is 0 Å². The average Bonchev–Trinajstić information content (AvgIpc) is 2.74. The minimum atomic E-state index is -3.47. The van der Waals surface area contributed by atoms with E-state index in [1.807, 2.05) is 12.1 Å². The molecule has 1 aromatic heterocycles. The van der Waals surface area contributed by atoms with Gasteiger partial charge in [0.15, 0.2) is 9.84 Å². The highest BCUT2D eigenvalue weighted by Gasteiger charge is 2.16. The maximum atomic E-state index is 12.6. The Labute approximate surface area is 168 Å². The van der Waals surface area contributed by atoms with E-state index in [4.69, 9.17) is 4.74 Å². The van der Waals surface area contributed by atoms with Crippen molar-refractivity contribution in [3.63, 3.8) is 0 Å². The Kier molecular flexibility index (Phi) is 6.13. The lowest BCUT2D eigenvalue weighted by Crippen LogP contribution is -2.13. The van der Waals surface area contributed by atoms with Gasteiger partial charge in [0.25, 0.3) is 5.91 Å². The number of rotatable bonds is 7. The van der Waals surface area contributed by atoms with Gasteiger partial charge in [0.05, 0.1) is 16.3 Å². The third-order valence-corrected chi connectivity index (χ3v) is 5.91. The molecule has 0 unspecified atom stereocenters. The number of pyridine rings is 1. The summed E-state index contributed by atoms with van der Waals surface area (Å²) in [5.41, 5.74) is 1.21. The fourth-order valence-electron chi connectivity index (χ4n) is 2.55. The topological polar surface area (TPSA) is 106 Å². The van der Waals surface area contributed by atoms with E-state index in [9.17, 15) is 18.3 Å². The molecule has 0 saturated carbocycles. The summed E-state index contributed by atoms with van der Waals surface area (Å²) in [5, 5.41) is 12.5. The van der Waals surface area contributed by atoms with Crippen LogP contribution in [0.4, 0.5) is 5.69 Å². The van der Waals surface area contributed by atoms with Crippen LogP contribution in [0.2, 0.25) is 0 Å². The molecule has 2 aromatic carbocycles. The molecule has 2 N–H and O–H groups in total. The number of benzene rings is 2. The largest absolute Gasteiger partial charge is 0.506 e. The number of amides is 1. The number of hydrogen-bond donors (Lipinski definition) is 2. The first kappa shape index (κ1) is 20.3. The molecule has 150 valence electrons. The number of carbonyl (C=O) groups excluding carboxylic acids is 1. The van der Waals surface area contributed by atoms with Crippen LogP contribution in [-0.2, 0) is 16.4 Å². The van der Waals surface area contributed by atoms with Gasteiger partial charge < -0.3 is 15.2 Å². The van der Waals surface area contributed by atoms with E-state index < -0.39 is 15.7 Å². The molecule has 8 heteroatoms. The molecule has 0 aliphatic carbocycles. The van der Waals surface area contributed by atoms with Crippen molar-refractivity contribution in [3.8, 4) is 11.5 Å². The summed E-state index contributed by atoms with van der Waals surface area (Å²) in [7, 11) is -3.47. The van der Waals surface area contributed by atoms with Crippen LogP contribution in [0.1, 0.15) is 22.8 Å². The van der Waals surface area contributed by atoms with Crippen LogP contribution in [-0.4, -0.2) is 30.2 Å². The number of aromatic nitrogens is 1. The number of sulfone groups is 1. The van der Waals surface area contributed by atoms with Crippen molar-refractivity contribution in [2.75, 3.05) is 11.1 Å². The van der Waals surface area contributed by atoms with Gasteiger partial charge in [-0.1, -0.05) is 19.1 Å². The molecule has 0 spiro atoms. The monoisotopic (exact) mass is 412 g/mol. The van der Waals surface area contributed by atoms with Crippen molar-refractivity contribution in [1.82, 2.24) is 4.98 Å². The molecular weight excluding hydrogens is 392 g/mol. The summed E-state index contributed by atoms with van der Waals surface area (Å²) < 4.78 is 29.8. The zero-order valence-electron chi connectivity index (χ0n) is 15.7. The van der Waals surface area contributed by atoms with E-state index in [0.717, 1.165) is 5.56 Å². The first-order valence-corrected chi connectivity index (χ1v) is 10.5. The van der Waals surface area contributed by atoms with E-state index in [1.54, 1.807) is 36.7 Å². The Morgan fingerprint density at radius 1 is 1.14 bits per heavy atom. The molecule has 7 nitrogen and oxygen atoms in total. The number of anilines is 1.